The Morgan fingerprint density at radius 2 is 1.89 bits per heavy atom. The number of nitrogens with one attached hydrogen (secondary N) is 1. The third-order valence-electron chi connectivity index (χ3n) is 6.64. The van der Waals surface area contributed by atoms with Crippen LogP contribution >= 0.6 is 0 Å². The number of aryl methyl sites for hydroxylation is 2. The first-order chi connectivity index (χ1) is 17.0. The molecule has 10 heteroatoms. The van der Waals surface area contributed by atoms with Gasteiger partial charge in [-0.15, -0.1) is 0 Å². The summed E-state index contributed by atoms with van der Waals surface area (Å²) >= 11 is 0. The van der Waals surface area contributed by atoms with Crippen LogP contribution in [-0.4, -0.2) is 52.9 Å². The monoisotopic (exact) mass is 476 g/mol. The van der Waals surface area contributed by atoms with Crippen LogP contribution in [0.25, 0.3) is 22.4 Å². The minimum Gasteiger partial charge on any atom is -0.497 e. The van der Waals surface area contributed by atoms with Gasteiger partial charge < -0.3 is 24.0 Å². The van der Waals surface area contributed by atoms with Crippen LogP contribution in [-0.2, 0) is 11.2 Å². The number of carbonyl (C=O) groups is 1. The van der Waals surface area contributed by atoms with Crippen molar-refractivity contribution in [3.05, 3.63) is 47.6 Å². The van der Waals surface area contributed by atoms with E-state index < -0.39 is 0 Å². The molecular weight excluding hydrogens is 448 g/mol. The minimum absolute atomic E-state index is 0.0308. The van der Waals surface area contributed by atoms with E-state index in [1.165, 1.54) is 6.33 Å². The standard InChI is InChI=1S/C25H28N6O4/c1-15-20(16(2)34-29-15)8-11-26-24(32)18-9-12-31(13-10-18)23-21-22(30-35-25(21)28-14-27-23)17-4-6-19(33-3)7-5-17/h4-7,14,18H,8-13H2,1-3H3,(H,26,32). The second kappa shape index (κ2) is 9.73. The van der Waals surface area contributed by atoms with Gasteiger partial charge in [-0.25, -0.2) is 4.98 Å². The Morgan fingerprint density at radius 1 is 1.11 bits per heavy atom. The SMILES string of the molecule is COc1ccc(-c2noc3ncnc(N4CCC(C(=O)NCCc5c(C)noc5C)CC4)c23)cc1. The molecule has 3 aromatic heterocycles. The molecule has 0 atom stereocenters. The lowest BCUT2D eigenvalue weighted by molar-refractivity contribution is -0.125. The predicted octanol–water partition coefficient (Wildman–Crippen LogP) is 3.47. The highest BCUT2D eigenvalue weighted by Crippen LogP contribution is 2.35. The zero-order chi connectivity index (χ0) is 24.4. The first-order valence-corrected chi connectivity index (χ1v) is 11.7. The topological polar surface area (TPSA) is 119 Å². The lowest BCUT2D eigenvalue weighted by atomic mass is 9.95. The second-order valence-corrected chi connectivity index (χ2v) is 8.74. The van der Waals surface area contributed by atoms with E-state index in [2.05, 4.69) is 30.5 Å². The minimum atomic E-state index is -0.0308. The number of ether oxygens (including phenoxy) is 1. The Balaban J connectivity index is 1.25. The molecule has 1 aliphatic rings. The predicted molar refractivity (Wildman–Crippen MR) is 129 cm³/mol. The molecule has 1 amide bonds. The molecule has 1 N–H and O–H groups in total. The van der Waals surface area contributed by atoms with Gasteiger partial charge >= 0.3 is 0 Å². The fourth-order valence-electron chi connectivity index (χ4n) is 4.62. The maximum absolute atomic E-state index is 12.8. The van der Waals surface area contributed by atoms with Crippen molar-refractivity contribution in [2.24, 2.45) is 5.92 Å². The quantitative estimate of drug-likeness (QED) is 0.427. The van der Waals surface area contributed by atoms with E-state index in [1.807, 2.05) is 38.1 Å². The fraction of sp³-hybridized carbons (Fsp3) is 0.400. The molecule has 10 nitrogen and oxygen atoms in total. The smallest absolute Gasteiger partial charge is 0.263 e. The molecule has 1 aromatic carbocycles. The van der Waals surface area contributed by atoms with Crippen molar-refractivity contribution in [2.75, 3.05) is 31.6 Å². The summed E-state index contributed by atoms with van der Waals surface area (Å²) in [7, 11) is 1.63. The average Bonchev–Trinajstić information content (AvgIpc) is 3.47. The van der Waals surface area contributed by atoms with Gasteiger partial charge in [0.2, 0.25) is 5.91 Å². The van der Waals surface area contributed by atoms with Crippen LogP contribution < -0.4 is 15.0 Å². The average molecular weight is 477 g/mol. The van der Waals surface area contributed by atoms with Gasteiger partial charge in [-0.05, 0) is 57.4 Å². The van der Waals surface area contributed by atoms with Gasteiger partial charge in [0.15, 0.2) is 0 Å². The van der Waals surface area contributed by atoms with E-state index in [9.17, 15) is 4.79 Å². The molecule has 0 spiro atoms. The van der Waals surface area contributed by atoms with E-state index in [-0.39, 0.29) is 11.8 Å². The molecule has 0 bridgehead atoms. The number of amides is 1. The van der Waals surface area contributed by atoms with Gasteiger partial charge in [0.25, 0.3) is 5.71 Å². The zero-order valence-electron chi connectivity index (χ0n) is 20.1. The van der Waals surface area contributed by atoms with Gasteiger partial charge in [0.1, 0.15) is 34.7 Å². The molecule has 4 aromatic rings. The van der Waals surface area contributed by atoms with Crippen LogP contribution in [0, 0.1) is 19.8 Å². The second-order valence-electron chi connectivity index (χ2n) is 8.74. The molecule has 0 saturated carbocycles. The Kier molecular flexibility index (Phi) is 6.35. The van der Waals surface area contributed by atoms with Crippen LogP contribution in [0.3, 0.4) is 0 Å². The molecule has 0 radical (unpaired) electrons. The largest absolute Gasteiger partial charge is 0.497 e. The summed E-state index contributed by atoms with van der Waals surface area (Å²) in [5.41, 5.74) is 3.98. The summed E-state index contributed by atoms with van der Waals surface area (Å²) in [5.74, 6) is 2.42. The van der Waals surface area contributed by atoms with Crippen molar-refractivity contribution in [3.63, 3.8) is 0 Å². The maximum Gasteiger partial charge on any atom is 0.263 e. The Labute approximate surface area is 202 Å². The molecule has 0 aliphatic carbocycles. The van der Waals surface area contributed by atoms with Gasteiger partial charge in [-0.3, -0.25) is 4.79 Å². The van der Waals surface area contributed by atoms with Gasteiger partial charge in [-0.2, -0.15) is 4.98 Å². The third kappa shape index (κ3) is 4.55. The van der Waals surface area contributed by atoms with Crippen LogP contribution in [0.2, 0.25) is 0 Å². The molecular formula is C25H28N6O4. The van der Waals surface area contributed by atoms with E-state index in [1.54, 1.807) is 7.11 Å². The van der Waals surface area contributed by atoms with E-state index in [4.69, 9.17) is 13.8 Å². The molecule has 1 fully saturated rings. The number of hydrogen-bond donors (Lipinski definition) is 1. The van der Waals surface area contributed by atoms with Crippen LogP contribution in [0.15, 0.2) is 39.6 Å². The number of piperidine rings is 1. The van der Waals surface area contributed by atoms with E-state index in [0.717, 1.165) is 52.4 Å². The molecule has 0 unspecified atom stereocenters. The summed E-state index contributed by atoms with van der Waals surface area (Å²) in [4.78, 5) is 23.8. The third-order valence-corrected chi connectivity index (χ3v) is 6.64. The maximum atomic E-state index is 12.8. The number of benzene rings is 1. The molecule has 1 saturated heterocycles. The van der Waals surface area contributed by atoms with Gasteiger partial charge in [-0.1, -0.05) is 10.3 Å². The number of aromatic nitrogens is 4. The molecule has 1 aliphatic heterocycles. The van der Waals surface area contributed by atoms with Crippen molar-refractivity contribution in [1.29, 1.82) is 0 Å². The highest BCUT2D eigenvalue weighted by Gasteiger charge is 2.28. The molecule has 182 valence electrons. The van der Waals surface area contributed by atoms with Crippen LogP contribution in [0.5, 0.6) is 5.75 Å². The van der Waals surface area contributed by atoms with Crippen LogP contribution in [0.1, 0.15) is 29.9 Å². The molecule has 5 rings (SSSR count). The van der Waals surface area contributed by atoms with Crippen molar-refractivity contribution < 1.29 is 18.6 Å². The van der Waals surface area contributed by atoms with Gasteiger partial charge in [0, 0.05) is 36.7 Å². The number of methoxy groups -OCH3 is 1. The van der Waals surface area contributed by atoms with Crippen molar-refractivity contribution >= 4 is 22.8 Å². The number of hydrogen-bond acceptors (Lipinski definition) is 9. The van der Waals surface area contributed by atoms with E-state index in [0.29, 0.717) is 37.5 Å². The highest BCUT2D eigenvalue weighted by molar-refractivity contribution is 5.98. The summed E-state index contributed by atoms with van der Waals surface area (Å²) in [6.45, 7) is 5.80. The zero-order valence-corrected chi connectivity index (χ0v) is 20.1. The number of carbonyl (C=O) groups excluding carboxylic acids is 1. The fourth-order valence-corrected chi connectivity index (χ4v) is 4.62. The lowest BCUT2D eigenvalue weighted by Crippen LogP contribution is -2.41. The van der Waals surface area contributed by atoms with Crippen molar-refractivity contribution in [2.45, 2.75) is 33.1 Å². The number of fused-ring (bicyclic) bond motifs is 1. The van der Waals surface area contributed by atoms with Crippen LogP contribution in [0.4, 0.5) is 5.82 Å². The van der Waals surface area contributed by atoms with Crippen molar-refractivity contribution in [1.82, 2.24) is 25.6 Å². The lowest BCUT2D eigenvalue weighted by Gasteiger charge is -2.32. The first-order valence-electron chi connectivity index (χ1n) is 11.7. The number of anilines is 1. The number of rotatable bonds is 7. The Morgan fingerprint density at radius 3 is 2.57 bits per heavy atom. The summed E-state index contributed by atoms with van der Waals surface area (Å²) in [6.07, 6.45) is 3.69. The van der Waals surface area contributed by atoms with E-state index >= 15 is 0 Å². The molecule has 35 heavy (non-hydrogen) atoms. The summed E-state index contributed by atoms with van der Waals surface area (Å²) in [5, 5.41) is 12.1. The highest BCUT2D eigenvalue weighted by atomic mass is 16.5. The summed E-state index contributed by atoms with van der Waals surface area (Å²) < 4.78 is 16.0. The Hall–Kier alpha value is -3.95. The normalized spacial score (nSPS) is 14.4. The Bertz CT molecular complexity index is 1300. The number of nitrogens with zero attached hydrogens (tertiary/aromatic N) is 5. The van der Waals surface area contributed by atoms with Gasteiger partial charge in [0.05, 0.1) is 12.8 Å². The van der Waals surface area contributed by atoms with Crippen molar-refractivity contribution in [3.8, 4) is 17.0 Å². The summed E-state index contributed by atoms with van der Waals surface area (Å²) in [6, 6.07) is 7.64. The molecule has 4 heterocycles. The first kappa shape index (κ1) is 22.8.